The van der Waals surface area contributed by atoms with Crippen molar-refractivity contribution >= 4 is 5.91 Å². The molecule has 1 fully saturated rings. The summed E-state index contributed by atoms with van der Waals surface area (Å²) in [5.41, 5.74) is 7.03. The number of nitrogens with zero attached hydrogens (tertiary/aromatic N) is 1. The summed E-state index contributed by atoms with van der Waals surface area (Å²) >= 11 is 0. The van der Waals surface area contributed by atoms with Gasteiger partial charge < -0.3 is 15.4 Å². The summed E-state index contributed by atoms with van der Waals surface area (Å²) in [6, 6.07) is 10.00. The lowest BCUT2D eigenvalue weighted by Gasteiger charge is -2.22. The zero-order chi connectivity index (χ0) is 13.5. The van der Waals surface area contributed by atoms with Crippen molar-refractivity contribution in [2.24, 2.45) is 5.73 Å². The van der Waals surface area contributed by atoms with Crippen molar-refractivity contribution in [1.82, 2.24) is 4.90 Å². The molecule has 104 valence electrons. The topological polar surface area (TPSA) is 55.6 Å². The zero-order valence-electron chi connectivity index (χ0n) is 11.3. The molecule has 1 heterocycles. The van der Waals surface area contributed by atoms with Crippen LogP contribution < -0.4 is 5.73 Å². The van der Waals surface area contributed by atoms with Crippen LogP contribution >= 0.6 is 0 Å². The average Bonchev–Trinajstić information content (AvgIpc) is 2.64. The predicted molar refractivity (Wildman–Crippen MR) is 74.5 cm³/mol. The first-order chi connectivity index (χ1) is 9.25. The third kappa shape index (κ3) is 4.65. The standard InChI is InChI=1S/C15H22N2O2/c16-14-8-4-5-9-17(10-14)15(18)12-19-11-13-6-2-1-3-7-13/h1-3,6-7,14H,4-5,8-12,16H2. The number of nitrogens with two attached hydrogens (primary N) is 1. The molecule has 1 unspecified atom stereocenters. The van der Waals surface area contributed by atoms with E-state index in [1.165, 1.54) is 0 Å². The summed E-state index contributed by atoms with van der Waals surface area (Å²) in [6.45, 7) is 2.09. The quantitative estimate of drug-likeness (QED) is 0.895. The van der Waals surface area contributed by atoms with Crippen LogP contribution in [0.1, 0.15) is 24.8 Å². The van der Waals surface area contributed by atoms with Gasteiger partial charge in [-0.05, 0) is 18.4 Å². The Balaban J connectivity index is 1.74. The van der Waals surface area contributed by atoms with Crippen LogP contribution in [-0.2, 0) is 16.1 Å². The Hall–Kier alpha value is -1.39. The highest BCUT2D eigenvalue weighted by atomic mass is 16.5. The van der Waals surface area contributed by atoms with Gasteiger partial charge in [-0.15, -0.1) is 0 Å². The third-order valence-corrected chi connectivity index (χ3v) is 3.40. The number of benzene rings is 1. The first kappa shape index (κ1) is 14.0. The van der Waals surface area contributed by atoms with E-state index in [1.54, 1.807) is 0 Å². The molecule has 1 saturated heterocycles. The number of hydrogen-bond donors (Lipinski definition) is 1. The summed E-state index contributed by atoms with van der Waals surface area (Å²) < 4.78 is 5.48. The van der Waals surface area contributed by atoms with Crippen LogP contribution in [-0.4, -0.2) is 36.5 Å². The molecule has 0 bridgehead atoms. The molecule has 1 amide bonds. The molecule has 0 aromatic heterocycles. The molecule has 2 rings (SSSR count). The number of ether oxygens (including phenoxy) is 1. The molecule has 0 radical (unpaired) electrons. The number of carbonyl (C=O) groups excluding carboxylic acids is 1. The normalized spacial score (nSPS) is 20.1. The van der Waals surface area contributed by atoms with Gasteiger partial charge in [-0.3, -0.25) is 4.79 Å². The third-order valence-electron chi connectivity index (χ3n) is 3.40. The maximum Gasteiger partial charge on any atom is 0.248 e. The van der Waals surface area contributed by atoms with Crippen LogP contribution in [0.15, 0.2) is 30.3 Å². The Labute approximate surface area is 114 Å². The molecule has 2 N–H and O–H groups in total. The van der Waals surface area contributed by atoms with Crippen LogP contribution in [0.4, 0.5) is 0 Å². The van der Waals surface area contributed by atoms with Crippen molar-refractivity contribution in [3.05, 3.63) is 35.9 Å². The van der Waals surface area contributed by atoms with E-state index in [0.717, 1.165) is 31.4 Å². The van der Waals surface area contributed by atoms with Crippen LogP contribution in [0.3, 0.4) is 0 Å². The van der Waals surface area contributed by atoms with E-state index in [0.29, 0.717) is 13.2 Å². The van der Waals surface area contributed by atoms with Crippen molar-refractivity contribution < 1.29 is 9.53 Å². The summed E-state index contributed by atoms with van der Waals surface area (Å²) in [5.74, 6) is 0.0493. The fraction of sp³-hybridized carbons (Fsp3) is 0.533. The lowest BCUT2D eigenvalue weighted by Crippen LogP contribution is -2.41. The molecule has 4 nitrogen and oxygen atoms in total. The van der Waals surface area contributed by atoms with Gasteiger partial charge in [0, 0.05) is 19.1 Å². The Bertz CT molecular complexity index is 394. The molecule has 0 saturated carbocycles. The van der Waals surface area contributed by atoms with Crippen molar-refractivity contribution in [3.63, 3.8) is 0 Å². The molecule has 1 atom stereocenters. The monoisotopic (exact) mass is 262 g/mol. The van der Waals surface area contributed by atoms with Crippen molar-refractivity contribution in [3.8, 4) is 0 Å². The largest absolute Gasteiger partial charge is 0.367 e. The Kier molecular flexibility index (Phi) is 5.36. The molecular weight excluding hydrogens is 240 g/mol. The van der Waals surface area contributed by atoms with Gasteiger partial charge in [0.25, 0.3) is 0 Å². The van der Waals surface area contributed by atoms with Crippen molar-refractivity contribution in [2.45, 2.75) is 31.9 Å². The molecule has 0 spiro atoms. The average molecular weight is 262 g/mol. The van der Waals surface area contributed by atoms with Gasteiger partial charge in [-0.2, -0.15) is 0 Å². The van der Waals surface area contributed by atoms with E-state index >= 15 is 0 Å². The summed E-state index contributed by atoms with van der Waals surface area (Å²) in [6.07, 6.45) is 3.16. The number of likely N-dealkylation sites (tertiary alicyclic amines) is 1. The summed E-state index contributed by atoms with van der Waals surface area (Å²) in [7, 11) is 0. The van der Waals surface area contributed by atoms with Gasteiger partial charge in [0.05, 0.1) is 6.61 Å². The highest BCUT2D eigenvalue weighted by Crippen LogP contribution is 2.09. The number of hydrogen-bond acceptors (Lipinski definition) is 3. The van der Waals surface area contributed by atoms with E-state index in [-0.39, 0.29) is 18.6 Å². The number of carbonyl (C=O) groups is 1. The highest BCUT2D eigenvalue weighted by Gasteiger charge is 2.19. The van der Waals surface area contributed by atoms with Gasteiger partial charge >= 0.3 is 0 Å². The van der Waals surface area contributed by atoms with Crippen LogP contribution in [0.25, 0.3) is 0 Å². The fourth-order valence-corrected chi connectivity index (χ4v) is 2.32. The molecule has 1 aromatic carbocycles. The van der Waals surface area contributed by atoms with E-state index in [4.69, 9.17) is 10.5 Å². The molecule has 1 aliphatic rings. The zero-order valence-corrected chi connectivity index (χ0v) is 11.3. The van der Waals surface area contributed by atoms with Crippen molar-refractivity contribution in [2.75, 3.05) is 19.7 Å². The minimum absolute atomic E-state index is 0.0493. The highest BCUT2D eigenvalue weighted by molar-refractivity contribution is 5.77. The van der Waals surface area contributed by atoms with E-state index in [1.807, 2.05) is 35.2 Å². The SMILES string of the molecule is NC1CCCCN(C(=O)COCc2ccccc2)C1. The maximum atomic E-state index is 12.0. The van der Waals surface area contributed by atoms with Gasteiger partial charge in [-0.25, -0.2) is 0 Å². The summed E-state index contributed by atoms with van der Waals surface area (Å²) in [5, 5.41) is 0. The van der Waals surface area contributed by atoms with E-state index in [9.17, 15) is 4.79 Å². The van der Waals surface area contributed by atoms with Crippen LogP contribution in [0.5, 0.6) is 0 Å². The second kappa shape index (κ2) is 7.26. The first-order valence-corrected chi connectivity index (χ1v) is 6.91. The lowest BCUT2D eigenvalue weighted by molar-refractivity contribution is -0.136. The molecule has 0 aliphatic carbocycles. The Morgan fingerprint density at radius 3 is 2.89 bits per heavy atom. The first-order valence-electron chi connectivity index (χ1n) is 6.91. The second-order valence-corrected chi connectivity index (χ2v) is 5.07. The van der Waals surface area contributed by atoms with Crippen LogP contribution in [0, 0.1) is 0 Å². The van der Waals surface area contributed by atoms with E-state index in [2.05, 4.69) is 0 Å². The number of rotatable bonds is 4. The fourth-order valence-electron chi connectivity index (χ4n) is 2.32. The molecular formula is C15H22N2O2. The molecule has 1 aromatic rings. The van der Waals surface area contributed by atoms with Crippen molar-refractivity contribution in [1.29, 1.82) is 0 Å². The summed E-state index contributed by atoms with van der Waals surface area (Å²) in [4.78, 5) is 13.9. The van der Waals surface area contributed by atoms with Gasteiger partial charge in [0.2, 0.25) is 5.91 Å². The van der Waals surface area contributed by atoms with Crippen LogP contribution in [0.2, 0.25) is 0 Å². The van der Waals surface area contributed by atoms with Gasteiger partial charge in [0.1, 0.15) is 6.61 Å². The molecule has 1 aliphatic heterocycles. The Morgan fingerprint density at radius 1 is 1.32 bits per heavy atom. The predicted octanol–water partition coefficient (Wildman–Crippen LogP) is 1.54. The minimum atomic E-state index is 0.0493. The molecule has 4 heteroatoms. The lowest BCUT2D eigenvalue weighted by atomic mass is 10.2. The molecule has 19 heavy (non-hydrogen) atoms. The number of amides is 1. The maximum absolute atomic E-state index is 12.0. The minimum Gasteiger partial charge on any atom is -0.367 e. The smallest absolute Gasteiger partial charge is 0.248 e. The van der Waals surface area contributed by atoms with E-state index < -0.39 is 0 Å². The Morgan fingerprint density at radius 2 is 2.11 bits per heavy atom. The van der Waals surface area contributed by atoms with Gasteiger partial charge in [0.15, 0.2) is 0 Å². The second-order valence-electron chi connectivity index (χ2n) is 5.07. The van der Waals surface area contributed by atoms with Gasteiger partial charge in [-0.1, -0.05) is 36.8 Å².